The van der Waals surface area contributed by atoms with Gasteiger partial charge in [0.25, 0.3) is 0 Å². The summed E-state index contributed by atoms with van der Waals surface area (Å²) in [6, 6.07) is 16.6. The molecule has 0 fully saturated rings. The molecule has 3 nitrogen and oxygen atoms in total. The average molecular weight is 343 g/mol. The third-order valence-electron chi connectivity index (χ3n) is 4.33. The Kier molecular flexibility index (Phi) is 5.47. The van der Waals surface area contributed by atoms with Crippen molar-refractivity contribution in [3.8, 4) is 0 Å². The van der Waals surface area contributed by atoms with E-state index in [0.717, 1.165) is 40.6 Å². The Morgan fingerprint density at radius 1 is 0.846 bits per heavy atom. The maximum Gasteiger partial charge on any atom is 0.0813 e. The summed E-state index contributed by atoms with van der Waals surface area (Å²) in [7, 11) is 0. The molecule has 0 spiro atoms. The molecule has 3 heteroatoms. The summed E-state index contributed by atoms with van der Waals surface area (Å²) in [5, 5.41) is 3.50. The van der Waals surface area contributed by atoms with Gasteiger partial charge < -0.3 is 5.32 Å². The van der Waals surface area contributed by atoms with Crippen LogP contribution in [0.25, 0.3) is 0 Å². The predicted molar refractivity (Wildman–Crippen MR) is 113 cm³/mol. The van der Waals surface area contributed by atoms with Gasteiger partial charge in [-0.1, -0.05) is 35.9 Å². The smallest absolute Gasteiger partial charge is 0.0813 e. The lowest BCUT2D eigenvalue weighted by Crippen LogP contribution is -2.18. The number of benzene rings is 2. The summed E-state index contributed by atoms with van der Waals surface area (Å²) < 4.78 is 0. The van der Waals surface area contributed by atoms with Crippen LogP contribution >= 0.6 is 0 Å². The molecule has 0 radical (unpaired) electrons. The van der Waals surface area contributed by atoms with Crippen molar-refractivity contribution in [2.75, 3.05) is 11.9 Å². The van der Waals surface area contributed by atoms with Crippen LogP contribution < -0.4 is 5.32 Å². The van der Waals surface area contributed by atoms with Crippen LogP contribution in [0.1, 0.15) is 25.0 Å². The van der Waals surface area contributed by atoms with Gasteiger partial charge in [0.1, 0.15) is 0 Å². The van der Waals surface area contributed by atoms with Crippen LogP contribution in [0.5, 0.6) is 0 Å². The summed E-state index contributed by atoms with van der Waals surface area (Å²) in [6.45, 7) is 9.06. The van der Waals surface area contributed by atoms with Crippen LogP contribution in [0.4, 0.5) is 11.4 Å². The minimum atomic E-state index is 0.746. The molecule has 3 rings (SSSR count). The molecular weight excluding hydrogens is 318 g/mol. The van der Waals surface area contributed by atoms with Gasteiger partial charge in [0.15, 0.2) is 0 Å². The zero-order valence-electron chi connectivity index (χ0n) is 15.9. The van der Waals surface area contributed by atoms with Gasteiger partial charge in [0, 0.05) is 12.2 Å². The van der Waals surface area contributed by atoms with Gasteiger partial charge in [0.2, 0.25) is 0 Å². The predicted octanol–water partition coefficient (Wildman–Crippen LogP) is 5.79. The molecule has 0 bridgehead atoms. The molecule has 1 N–H and O–H groups in total. The number of anilines is 1. The molecule has 2 aromatic rings. The Balaban J connectivity index is 1.99. The lowest BCUT2D eigenvalue weighted by Gasteiger charge is -2.18. The molecule has 0 atom stereocenters. The zero-order valence-corrected chi connectivity index (χ0v) is 15.9. The zero-order chi connectivity index (χ0) is 18.5. The molecule has 0 saturated carbocycles. The number of para-hydroxylation sites is 1. The van der Waals surface area contributed by atoms with Crippen molar-refractivity contribution in [2.45, 2.75) is 27.7 Å². The Morgan fingerprint density at radius 2 is 1.58 bits per heavy atom. The number of hydrogen-bond acceptors (Lipinski definition) is 3. The van der Waals surface area contributed by atoms with E-state index in [-0.39, 0.29) is 0 Å². The normalized spacial score (nSPS) is 17.2. The molecule has 1 aliphatic carbocycles. The average Bonchev–Trinajstić information content (AvgIpc) is 2.62. The fourth-order valence-electron chi connectivity index (χ4n) is 2.81. The van der Waals surface area contributed by atoms with Crippen LogP contribution in [-0.2, 0) is 0 Å². The number of aliphatic imine (C=N–C) groups is 2. The van der Waals surface area contributed by atoms with E-state index in [1.54, 1.807) is 0 Å². The molecule has 26 heavy (non-hydrogen) atoms. The lowest BCUT2D eigenvalue weighted by molar-refractivity contribution is 1.13. The van der Waals surface area contributed by atoms with Crippen molar-refractivity contribution in [1.29, 1.82) is 0 Å². The number of aryl methyl sites for hydroxylation is 2. The van der Waals surface area contributed by atoms with Crippen molar-refractivity contribution in [2.24, 2.45) is 9.98 Å². The number of allylic oxidation sites excluding steroid dienone is 3. The Hall–Kier alpha value is -2.94. The van der Waals surface area contributed by atoms with Gasteiger partial charge in [-0.25, -0.2) is 4.99 Å². The highest BCUT2D eigenvalue weighted by atomic mass is 14.9. The summed E-state index contributed by atoms with van der Waals surface area (Å²) in [6.07, 6.45) is 4.20. The highest BCUT2D eigenvalue weighted by Crippen LogP contribution is 2.23. The molecule has 0 aromatic heterocycles. The Bertz CT molecular complexity index is 913. The van der Waals surface area contributed by atoms with Crippen LogP contribution in [0.2, 0.25) is 0 Å². The summed E-state index contributed by atoms with van der Waals surface area (Å²) in [5.41, 5.74) is 8.49. The molecular formula is C23H25N3. The number of rotatable bonds is 4. The molecule has 0 heterocycles. The molecule has 0 unspecified atom stereocenters. The number of nitrogens with one attached hydrogen (secondary N) is 1. The maximum atomic E-state index is 4.88. The quantitative estimate of drug-likeness (QED) is 0.701. The Morgan fingerprint density at radius 3 is 2.27 bits per heavy atom. The van der Waals surface area contributed by atoms with Crippen molar-refractivity contribution in [3.05, 3.63) is 83.1 Å². The highest BCUT2D eigenvalue weighted by Gasteiger charge is 2.15. The van der Waals surface area contributed by atoms with Gasteiger partial charge in [-0.2, -0.15) is 0 Å². The second-order valence-corrected chi connectivity index (χ2v) is 6.52. The van der Waals surface area contributed by atoms with Gasteiger partial charge in [-0.3, -0.25) is 4.99 Å². The molecule has 0 amide bonds. The minimum Gasteiger partial charge on any atom is -0.354 e. The first-order valence-electron chi connectivity index (χ1n) is 9.00. The van der Waals surface area contributed by atoms with E-state index < -0.39 is 0 Å². The van der Waals surface area contributed by atoms with Crippen molar-refractivity contribution in [1.82, 2.24) is 0 Å². The summed E-state index contributed by atoms with van der Waals surface area (Å²) in [4.78, 5) is 9.52. The first kappa shape index (κ1) is 17.9. The topological polar surface area (TPSA) is 36.8 Å². The summed E-state index contributed by atoms with van der Waals surface area (Å²) in [5.74, 6) is 0. The second kappa shape index (κ2) is 7.96. The SMILES string of the molecule is CC/N=C1C=C(C)/C(=N\c2ccccc2C)C=C\1Nc1ccc(C)cc1. The molecule has 2 aromatic carbocycles. The third kappa shape index (κ3) is 4.17. The first-order valence-corrected chi connectivity index (χ1v) is 9.00. The van der Waals surface area contributed by atoms with Gasteiger partial charge in [0.05, 0.1) is 22.8 Å². The highest BCUT2D eigenvalue weighted by molar-refractivity contribution is 6.25. The van der Waals surface area contributed by atoms with Crippen LogP contribution in [0, 0.1) is 13.8 Å². The Labute approximate surface area is 155 Å². The molecule has 0 aliphatic heterocycles. The van der Waals surface area contributed by atoms with E-state index in [4.69, 9.17) is 4.99 Å². The summed E-state index contributed by atoms with van der Waals surface area (Å²) >= 11 is 0. The second-order valence-electron chi connectivity index (χ2n) is 6.52. The molecule has 1 aliphatic rings. The largest absolute Gasteiger partial charge is 0.354 e. The molecule has 132 valence electrons. The van der Waals surface area contributed by atoms with E-state index in [2.05, 4.69) is 80.5 Å². The van der Waals surface area contributed by atoms with Crippen LogP contribution in [0.15, 0.2) is 81.9 Å². The minimum absolute atomic E-state index is 0.746. The van der Waals surface area contributed by atoms with E-state index in [1.807, 2.05) is 18.2 Å². The first-order chi connectivity index (χ1) is 12.6. The third-order valence-corrected chi connectivity index (χ3v) is 4.33. The van der Waals surface area contributed by atoms with Gasteiger partial charge in [-0.05, 0) is 69.2 Å². The fourth-order valence-corrected chi connectivity index (χ4v) is 2.81. The van der Waals surface area contributed by atoms with Crippen LogP contribution in [-0.4, -0.2) is 18.0 Å². The van der Waals surface area contributed by atoms with E-state index in [9.17, 15) is 0 Å². The van der Waals surface area contributed by atoms with Crippen LogP contribution in [0.3, 0.4) is 0 Å². The van der Waals surface area contributed by atoms with Crippen molar-refractivity contribution in [3.63, 3.8) is 0 Å². The fraction of sp³-hybridized carbons (Fsp3) is 0.217. The lowest BCUT2D eigenvalue weighted by atomic mass is 10.00. The van der Waals surface area contributed by atoms with Gasteiger partial charge >= 0.3 is 0 Å². The number of hydrogen-bond donors (Lipinski definition) is 1. The monoisotopic (exact) mass is 343 g/mol. The van der Waals surface area contributed by atoms with Crippen molar-refractivity contribution < 1.29 is 0 Å². The number of nitrogens with zero attached hydrogens (tertiary/aromatic N) is 2. The van der Waals surface area contributed by atoms with E-state index >= 15 is 0 Å². The maximum absolute atomic E-state index is 4.88. The van der Waals surface area contributed by atoms with E-state index in [1.165, 1.54) is 11.1 Å². The van der Waals surface area contributed by atoms with Crippen molar-refractivity contribution >= 4 is 22.8 Å². The standard InChI is InChI=1S/C23H25N3/c1-5-24-22-14-18(4)21(26-20-9-7-6-8-17(20)3)15-23(22)25-19-12-10-16(2)11-13-19/h6-15,25H,5H2,1-4H3/b24-22+,26-21-. The molecule has 0 saturated heterocycles. The van der Waals surface area contributed by atoms with E-state index in [0.29, 0.717) is 0 Å². The van der Waals surface area contributed by atoms with Gasteiger partial charge in [-0.15, -0.1) is 0 Å².